The number of hydrogen-bond acceptors (Lipinski definition) is 2. The minimum Gasteiger partial charge on any atom is -0.396 e. The van der Waals surface area contributed by atoms with Crippen LogP contribution in [0.3, 0.4) is 0 Å². The first-order valence-corrected chi connectivity index (χ1v) is 7.01. The number of aryl methyl sites for hydroxylation is 1. The summed E-state index contributed by atoms with van der Waals surface area (Å²) < 4.78 is 26.5. The molecular formula is C17H19F2NO. The van der Waals surface area contributed by atoms with Gasteiger partial charge in [-0.2, -0.15) is 0 Å². The molecule has 0 saturated heterocycles. The second kappa shape index (κ2) is 7.18. The molecule has 21 heavy (non-hydrogen) atoms. The highest BCUT2D eigenvalue weighted by Gasteiger charge is 2.09. The van der Waals surface area contributed by atoms with Crippen LogP contribution in [0, 0.1) is 11.6 Å². The van der Waals surface area contributed by atoms with Crippen molar-refractivity contribution in [1.82, 2.24) is 0 Å². The molecule has 0 bridgehead atoms. The van der Waals surface area contributed by atoms with Crippen LogP contribution in [0.25, 0.3) is 0 Å². The van der Waals surface area contributed by atoms with Gasteiger partial charge < -0.3 is 10.4 Å². The van der Waals surface area contributed by atoms with E-state index in [4.69, 9.17) is 5.11 Å². The maximum atomic E-state index is 13.2. The fourth-order valence-corrected chi connectivity index (χ4v) is 2.26. The molecule has 0 fully saturated rings. The molecule has 0 aromatic heterocycles. The number of aliphatic hydroxyl groups excluding tert-OH is 1. The Labute approximate surface area is 123 Å². The first kappa shape index (κ1) is 15.4. The second-order valence-electron chi connectivity index (χ2n) is 5.10. The van der Waals surface area contributed by atoms with Crippen molar-refractivity contribution in [2.75, 3.05) is 11.9 Å². The minimum absolute atomic E-state index is 0.163. The van der Waals surface area contributed by atoms with E-state index >= 15 is 0 Å². The van der Waals surface area contributed by atoms with Crippen LogP contribution in [-0.4, -0.2) is 11.7 Å². The third kappa shape index (κ3) is 4.53. The van der Waals surface area contributed by atoms with Gasteiger partial charge in [0.05, 0.1) is 0 Å². The van der Waals surface area contributed by atoms with Crippen molar-refractivity contribution in [2.45, 2.75) is 25.8 Å². The second-order valence-corrected chi connectivity index (χ2v) is 5.10. The van der Waals surface area contributed by atoms with E-state index in [1.165, 1.54) is 12.1 Å². The van der Waals surface area contributed by atoms with E-state index in [0.29, 0.717) is 12.0 Å². The number of nitrogens with one attached hydrogen (secondary N) is 1. The quantitative estimate of drug-likeness (QED) is 0.841. The molecule has 0 aliphatic carbocycles. The smallest absolute Gasteiger partial charge is 0.126 e. The number of rotatable bonds is 6. The highest BCUT2D eigenvalue weighted by molar-refractivity contribution is 5.47. The molecular weight excluding hydrogens is 272 g/mol. The predicted molar refractivity (Wildman–Crippen MR) is 80.2 cm³/mol. The lowest BCUT2D eigenvalue weighted by Gasteiger charge is -2.16. The Balaban J connectivity index is 2.09. The predicted octanol–water partition coefficient (Wildman–Crippen LogP) is 4.06. The van der Waals surface area contributed by atoms with Crippen molar-refractivity contribution in [1.29, 1.82) is 0 Å². The molecule has 2 N–H and O–H groups in total. The summed E-state index contributed by atoms with van der Waals surface area (Å²) in [5.41, 5.74) is 2.57. The van der Waals surface area contributed by atoms with Gasteiger partial charge in [0.1, 0.15) is 11.6 Å². The molecule has 1 unspecified atom stereocenters. The van der Waals surface area contributed by atoms with Gasteiger partial charge >= 0.3 is 0 Å². The lowest BCUT2D eigenvalue weighted by atomic mass is 10.1. The average molecular weight is 291 g/mol. The zero-order valence-corrected chi connectivity index (χ0v) is 11.9. The summed E-state index contributed by atoms with van der Waals surface area (Å²) >= 11 is 0. The van der Waals surface area contributed by atoms with Crippen LogP contribution in [0.15, 0.2) is 42.5 Å². The van der Waals surface area contributed by atoms with Crippen molar-refractivity contribution >= 4 is 5.69 Å². The topological polar surface area (TPSA) is 32.3 Å². The van der Waals surface area contributed by atoms with Gasteiger partial charge in [0.15, 0.2) is 0 Å². The Morgan fingerprint density at radius 2 is 1.81 bits per heavy atom. The van der Waals surface area contributed by atoms with Crippen LogP contribution in [0.4, 0.5) is 14.5 Å². The Bertz CT molecular complexity index is 581. The van der Waals surface area contributed by atoms with Gasteiger partial charge in [0, 0.05) is 24.4 Å². The van der Waals surface area contributed by atoms with Crippen LogP contribution in [0.5, 0.6) is 0 Å². The molecule has 0 radical (unpaired) electrons. The van der Waals surface area contributed by atoms with Gasteiger partial charge in [-0.3, -0.25) is 0 Å². The molecule has 4 heteroatoms. The van der Waals surface area contributed by atoms with Crippen LogP contribution in [-0.2, 0) is 6.42 Å². The van der Waals surface area contributed by atoms with Crippen molar-refractivity contribution in [2.24, 2.45) is 0 Å². The molecule has 2 aromatic carbocycles. The summed E-state index contributed by atoms with van der Waals surface area (Å²) in [4.78, 5) is 0. The summed E-state index contributed by atoms with van der Waals surface area (Å²) in [5.74, 6) is -1.15. The van der Waals surface area contributed by atoms with Gasteiger partial charge in [-0.15, -0.1) is 0 Å². The number of anilines is 1. The summed E-state index contributed by atoms with van der Waals surface area (Å²) in [6.07, 6.45) is 1.52. The Kier molecular flexibility index (Phi) is 5.28. The summed E-state index contributed by atoms with van der Waals surface area (Å²) in [7, 11) is 0. The molecule has 0 aliphatic heterocycles. The zero-order chi connectivity index (χ0) is 15.2. The number of aliphatic hydroxyl groups is 1. The van der Waals surface area contributed by atoms with E-state index in [9.17, 15) is 8.78 Å². The molecule has 0 heterocycles. The Morgan fingerprint density at radius 1 is 1.10 bits per heavy atom. The highest BCUT2D eigenvalue weighted by Crippen LogP contribution is 2.22. The van der Waals surface area contributed by atoms with Crippen molar-refractivity contribution in [3.63, 3.8) is 0 Å². The molecule has 2 aromatic rings. The maximum Gasteiger partial charge on any atom is 0.126 e. The van der Waals surface area contributed by atoms with Gasteiger partial charge in [-0.25, -0.2) is 8.78 Å². The molecule has 0 aliphatic rings. The Morgan fingerprint density at radius 3 is 2.48 bits per heavy atom. The Hall–Kier alpha value is -1.94. The summed E-state index contributed by atoms with van der Waals surface area (Å²) in [6.45, 7) is 2.02. The molecule has 0 saturated carbocycles. The zero-order valence-electron chi connectivity index (χ0n) is 11.9. The van der Waals surface area contributed by atoms with Crippen LogP contribution in [0.1, 0.15) is 30.5 Å². The monoisotopic (exact) mass is 291 g/mol. The van der Waals surface area contributed by atoms with Crippen molar-refractivity contribution in [3.05, 3.63) is 65.2 Å². The maximum absolute atomic E-state index is 13.2. The minimum atomic E-state index is -0.574. The van der Waals surface area contributed by atoms with E-state index in [-0.39, 0.29) is 12.6 Å². The lowest BCUT2D eigenvalue weighted by molar-refractivity contribution is 0.288. The lowest BCUT2D eigenvalue weighted by Crippen LogP contribution is -2.07. The van der Waals surface area contributed by atoms with Gasteiger partial charge in [-0.05, 0) is 55.2 Å². The van der Waals surface area contributed by atoms with Gasteiger partial charge in [0.2, 0.25) is 0 Å². The number of halogens is 2. The van der Waals surface area contributed by atoms with Crippen LogP contribution >= 0.6 is 0 Å². The summed E-state index contributed by atoms with van der Waals surface area (Å²) in [5, 5.41) is 12.1. The first-order valence-electron chi connectivity index (χ1n) is 7.01. The average Bonchev–Trinajstić information content (AvgIpc) is 2.44. The molecule has 1 atom stereocenters. The third-order valence-electron chi connectivity index (χ3n) is 3.32. The third-order valence-corrected chi connectivity index (χ3v) is 3.32. The van der Waals surface area contributed by atoms with E-state index in [1.807, 2.05) is 31.2 Å². The standard InChI is InChI=1S/C17H19F2NO/c1-12(14-9-15(18)11-16(19)10-14)20-17-6-2-4-13(8-17)5-3-7-21/h2,4,6,8-12,20-21H,3,5,7H2,1H3. The SMILES string of the molecule is CC(Nc1cccc(CCCO)c1)c1cc(F)cc(F)c1. The molecule has 0 amide bonds. The molecule has 2 rings (SSSR count). The van der Waals surface area contributed by atoms with Crippen LogP contribution in [0.2, 0.25) is 0 Å². The van der Waals surface area contributed by atoms with Crippen molar-refractivity contribution in [3.8, 4) is 0 Å². The molecule has 0 spiro atoms. The number of benzene rings is 2. The van der Waals surface area contributed by atoms with E-state index in [2.05, 4.69) is 5.32 Å². The fourth-order valence-electron chi connectivity index (χ4n) is 2.26. The largest absolute Gasteiger partial charge is 0.396 e. The summed E-state index contributed by atoms with van der Waals surface area (Å²) in [6, 6.07) is 11.1. The molecule has 112 valence electrons. The molecule has 2 nitrogen and oxygen atoms in total. The first-order chi connectivity index (χ1) is 10.1. The van der Waals surface area contributed by atoms with E-state index in [1.54, 1.807) is 0 Å². The van der Waals surface area contributed by atoms with Crippen molar-refractivity contribution < 1.29 is 13.9 Å². The van der Waals surface area contributed by atoms with E-state index in [0.717, 1.165) is 23.7 Å². The normalized spacial score (nSPS) is 12.2. The van der Waals surface area contributed by atoms with Gasteiger partial charge in [0.25, 0.3) is 0 Å². The van der Waals surface area contributed by atoms with Gasteiger partial charge in [-0.1, -0.05) is 12.1 Å². The van der Waals surface area contributed by atoms with Crippen LogP contribution < -0.4 is 5.32 Å². The highest BCUT2D eigenvalue weighted by atomic mass is 19.1. The van der Waals surface area contributed by atoms with E-state index < -0.39 is 11.6 Å². The fraction of sp³-hybridized carbons (Fsp3) is 0.294. The number of hydrogen-bond donors (Lipinski definition) is 2.